The lowest BCUT2D eigenvalue weighted by Crippen LogP contribution is -2.50. The number of morpholine rings is 1. The van der Waals surface area contributed by atoms with Gasteiger partial charge in [0.1, 0.15) is 0 Å². The highest BCUT2D eigenvalue weighted by atomic mass is 16.5. The second-order valence-corrected chi connectivity index (χ2v) is 6.53. The van der Waals surface area contributed by atoms with E-state index in [1.807, 2.05) is 0 Å². The molecule has 1 N–H and O–H groups in total. The van der Waals surface area contributed by atoms with Crippen LogP contribution in [-0.4, -0.2) is 49.0 Å². The molecule has 2 aliphatic rings. The molecule has 0 radical (unpaired) electrons. The number of nitrogens with zero attached hydrogens (tertiary/aromatic N) is 1. The summed E-state index contributed by atoms with van der Waals surface area (Å²) >= 11 is 0. The van der Waals surface area contributed by atoms with E-state index in [2.05, 4.69) is 29.2 Å². The Morgan fingerprint density at radius 3 is 2.95 bits per heavy atom. The van der Waals surface area contributed by atoms with Gasteiger partial charge in [0.15, 0.2) is 0 Å². The molecular weight excluding hydrogens is 278 g/mol. The number of aliphatic hydroxyl groups is 1. The van der Waals surface area contributed by atoms with Gasteiger partial charge in [0.25, 0.3) is 0 Å². The third-order valence-corrected chi connectivity index (χ3v) is 4.99. The van der Waals surface area contributed by atoms with Gasteiger partial charge in [-0.2, -0.15) is 0 Å². The van der Waals surface area contributed by atoms with Crippen LogP contribution in [0.15, 0.2) is 24.3 Å². The molecule has 3 rings (SSSR count). The van der Waals surface area contributed by atoms with Crippen molar-refractivity contribution in [3.05, 3.63) is 35.4 Å². The first-order chi connectivity index (χ1) is 10.8. The molecule has 122 valence electrons. The molecule has 0 unspecified atom stereocenters. The lowest BCUT2D eigenvalue weighted by atomic mass is 9.94. The molecular formula is C18H27NO3. The molecule has 1 aliphatic carbocycles. The maximum atomic E-state index is 10.2. The minimum absolute atomic E-state index is 0.158. The maximum absolute atomic E-state index is 10.2. The monoisotopic (exact) mass is 305 g/mol. The number of rotatable bonds is 5. The van der Waals surface area contributed by atoms with Crippen LogP contribution in [0.25, 0.3) is 0 Å². The Hall–Kier alpha value is -0.940. The highest BCUT2D eigenvalue weighted by Gasteiger charge is 2.37. The van der Waals surface area contributed by atoms with Gasteiger partial charge in [-0.05, 0) is 24.0 Å². The SMILES string of the molecule is COCc1cccc(CN2CCOC[C@@H]2[C@H]2CCC[C@@H]2O)c1. The van der Waals surface area contributed by atoms with Crippen molar-refractivity contribution >= 4 is 0 Å². The van der Waals surface area contributed by atoms with Crippen molar-refractivity contribution in [3.63, 3.8) is 0 Å². The van der Waals surface area contributed by atoms with Gasteiger partial charge in [0.2, 0.25) is 0 Å². The Balaban J connectivity index is 1.69. The van der Waals surface area contributed by atoms with Gasteiger partial charge in [-0.15, -0.1) is 0 Å². The predicted molar refractivity (Wildman–Crippen MR) is 85.5 cm³/mol. The summed E-state index contributed by atoms with van der Waals surface area (Å²) in [6.45, 7) is 4.06. The van der Waals surface area contributed by atoms with E-state index in [9.17, 15) is 5.11 Å². The highest BCUT2D eigenvalue weighted by molar-refractivity contribution is 5.23. The average molecular weight is 305 g/mol. The van der Waals surface area contributed by atoms with Crippen LogP contribution in [0, 0.1) is 5.92 Å². The molecule has 4 nitrogen and oxygen atoms in total. The molecule has 1 saturated carbocycles. The number of methoxy groups -OCH3 is 1. The number of benzene rings is 1. The van der Waals surface area contributed by atoms with Crippen LogP contribution in [0.3, 0.4) is 0 Å². The van der Waals surface area contributed by atoms with Crippen LogP contribution < -0.4 is 0 Å². The summed E-state index contributed by atoms with van der Waals surface area (Å²) in [5, 5.41) is 10.2. The Morgan fingerprint density at radius 1 is 1.32 bits per heavy atom. The molecule has 2 fully saturated rings. The van der Waals surface area contributed by atoms with Crippen LogP contribution >= 0.6 is 0 Å². The smallest absolute Gasteiger partial charge is 0.0713 e. The minimum Gasteiger partial charge on any atom is -0.393 e. The third kappa shape index (κ3) is 3.69. The first kappa shape index (κ1) is 15.9. The highest BCUT2D eigenvalue weighted by Crippen LogP contribution is 2.32. The zero-order chi connectivity index (χ0) is 15.4. The van der Waals surface area contributed by atoms with Crippen molar-refractivity contribution in [2.75, 3.05) is 26.9 Å². The molecule has 0 amide bonds. The van der Waals surface area contributed by atoms with E-state index in [1.54, 1.807) is 7.11 Å². The fraction of sp³-hybridized carbons (Fsp3) is 0.667. The number of ether oxygens (including phenoxy) is 2. The van der Waals surface area contributed by atoms with E-state index in [1.165, 1.54) is 11.1 Å². The molecule has 4 heteroatoms. The minimum atomic E-state index is -0.158. The van der Waals surface area contributed by atoms with E-state index >= 15 is 0 Å². The Morgan fingerprint density at radius 2 is 2.18 bits per heavy atom. The molecule has 1 saturated heterocycles. The topological polar surface area (TPSA) is 41.9 Å². The van der Waals surface area contributed by atoms with E-state index in [0.29, 0.717) is 18.6 Å². The second-order valence-electron chi connectivity index (χ2n) is 6.53. The lowest BCUT2D eigenvalue weighted by molar-refractivity contribution is -0.0536. The van der Waals surface area contributed by atoms with Crippen molar-refractivity contribution < 1.29 is 14.6 Å². The lowest BCUT2D eigenvalue weighted by Gasteiger charge is -2.40. The summed E-state index contributed by atoms with van der Waals surface area (Å²) in [6, 6.07) is 8.95. The second kappa shape index (κ2) is 7.55. The molecule has 1 heterocycles. The molecule has 1 aromatic rings. The molecule has 0 bridgehead atoms. The summed E-state index contributed by atoms with van der Waals surface area (Å²) < 4.78 is 10.9. The van der Waals surface area contributed by atoms with E-state index in [0.717, 1.165) is 45.6 Å². The number of aliphatic hydroxyl groups excluding tert-OH is 1. The molecule has 0 spiro atoms. The predicted octanol–water partition coefficient (Wildman–Crippen LogP) is 2.19. The molecule has 22 heavy (non-hydrogen) atoms. The molecule has 1 aliphatic heterocycles. The van der Waals surface area contributed by atoms with Crippen molar-refractivity contribution in [2.45, 2.75) is 44.6 Å². The maximum Gasteiger partial charge on any atom is 0.0713 e. The van der Waals surface area contributed by atoms with Gasteiger partial charge < -0.3 is 14.6 Å². The molecule has 0 aromatic heterocycles. The van der Waals surface area contributed by atoms with E-state index in [4.69, 9.17) is 9.47 Å². The first-order valence-electron chi connectivity index (χ1n) is 8.34. The van der Waals surface area contributed by atoms with Crippen molar-refractivity contribution in [1.29, 1.82) is 0 Å². The van der Waals surface area contributed by atoms with Crippen LogP contribution in [0.1, 0.15) is 30.4 Å². The Bertz CT molecular complexity index is 479. The largest absolute Gasteiger partial charge is 0.393 e. The van der Waals surface area contributed by atoms with Crippen LogP contribution in [-0.2, 0) is 22.6 Å². The zero-order valence-corrected chi connectivity index (χ0v) is 13.4. The normalized spacial score (nSPS) is 29.8. The molecule has 3 atom stereocenters. The van der Waals surface area contributed by atoms with Gasteiger partial charge in [-0.25, -0.2) is 0 Å². The fourth-order valence-electron chi connectivity index (χ4n) is 3.88. The summed E-state index contributed by atoms with van der Waals surface area (Å²) in [7, 11) is 1.73. The standard InChI is InChI=1S/C18H27NO3/c1-21-12-15-5-2-4-14(10-15)11-19-8-9-22-13-17(19)16-6-3-7-18(16)20/h2,4-5,10,16-18,20H,3,6-9,11-13H2,1H3/t16-,17-,18+/m1/s1. The average Bonchev–Trinajstić information content (AvgIpc) is 2.95. The van der Waals surface area contributed by atoms with Crippen molar-refractivity contribution in [2.24, 2.45) is 5.92 Å². The number of hydrogen-bond acceptors (Lipinski definition) is 4. The summed E-state index contributed by atoms with van der Waals surface area (Å²) in [4.78, 5) is 2.49. The van der Waals surface area contributed by atoms with Gasteiger partial charge in [0, 0.05) is 32.2 Å². The van der Waals surface area contributed by atoms with Gasteiger partial charge in [-0.3, -0.25) is 4.90 Å². The van der Waals surface area contributed by atoms with Gasteiger partial charge >= 0.3 is 0 Å². The summed E-state index contributed by atoms with van der Waals surface area (Å²) in [5.74, 6) is 0.363. The van der Waals surface area contributed by atoms with Crippen LogP contribution in [0.4, 0.5) is 0 Å². The van der Waals surface area contributed by atoms with Gasteiger partial charge in [-0.1, -0.05) is 30.7 Å². The van der Waals surface area contributed by atoms with Crippen molar-refractivity contribution in [1.82, 2.24) is 4.90 Å². The Kier molecular flexibility index (Phi) is 5.47. The summed E-state index contributed by atoms with van der Waals surface area (Å²) in [5.41, 5.74) is 2.53. The van der Waals surface area contributed by atoms with E-state index in [-0.39, 0.29) is 6.10 Å². The van der Waals surface area contributed by atoms with Crippen molar-refractivity contribution in [3.8, 4) is 0 Å². The Labute approximate surface area is 133 Å². The van der Waals surface area contributed by atoms with Gasteiger partial charge in [0.05, 0.1) is 25.9 Å². The third-order valence-electron chi connectivity index (χ3n) is 4.99. The quantitative estimate of drug-likeness (QED) is 0.905. The van der Waals surface area contributed by atoms with E-state index < -0.39 is 0 Å². The fourth-order valence-corrected chi connectivity index (χ4v) is 3.88. The van der Waals surface area contributed by atoms with Crippen LogP contribution in [0.2, 0.25) is 0 Å². The number of hydrogen-bond donors (Lipinski definition) is 1. The first-order valence-corrected chi connectivity index (χ1v) is 8.34. The molecule has 1 aromatic carbocycles. The zero-order valence-electron chi connectivity index (χ0n) is 13.4. The van der Waals surface area contributed by atoms with Crippen LogP contribution in [0.5, 0.6) is 0 Å². The summed E-state index contributed by atoms with van der Waals surface area (Å²) in [6.07, 6.45) is 3.04.